The molecule has 192 valence electrons. The van der Waals surface area contributed by atoms with E-state index in [9.17, 15) is 9.59 Å². The fraction of sp³-hybridized carbons (Fsp3) is 0.280. The van der Waals surface area contributed by atoms with Crippen molar-refractivity contribution in [2.75, 3.05) is 26.8 Å². The normalized spacial score (nSPS) is 15.8. The summed E-state index contributed by atoms with van der Waals surface area (Å²) in [5, 5.41) is 12.9. The monoisotopic (exact) mass is 511 g/mol. The van der Waals surface area contributed by atoms with Crippen LogP contribution in [0.4, 0.5) is 13.6 Å². The molecule has 0 spiro atoms. The first-order valence-electron chi connectivity index (χ1n) is 11.5. The molecule has 0 bridgehead atoms. The van der Waals surface area contributed by atoms with Gasteiger partial charge in [0.1, 0.15) is 17.3 Å². The fourth-order valence-electron chi connectivity index (χ4n) is 4.45. The molecule has 4 heterocycles. The quantitative estimate of drug-likeness (QED) is 0.437. The maximum absolute atomic E-state index is 15.5. The van der Waals surface area contributed by atoms with Gasteiger partial charge in [0.05, 0.1) is 49.0 Å². The van der Waals surface area contributed by atoms with Crippen molar-refractivity contribution in [2.24, 2.45) is 0 Å². The molecule has 1 aromatic carbocycles. The van der Waals surface area contributed by atoms with E-state index >= 15 is 8.78 Å². The van der Waals surface area contributed by atoms with Crippen molar-refractivity contribution < 1.29 is 33.0 Å². The minimum absolute atomic E-state index is 0.0248. The van der Waals surface area contributed by atoms with Crippen molar-refractivity contribution in [3.05, 3.63) is 71.3 Å². The van der Waals surface area contributed by atoms with Crippen LogP contribution in [0.25, 0.3) is 22.6 Å². The Morgan fingerprint density at radius 1 is 1.19 bits per heavy atom. The number of imidazole rings is 1. The first kappa shape index (κ1) is 24.4. The number of pyridine rings is 1. The van der Waals surface area contributed by atoms with Gasteiger partial charge in [-0.2, -0.15) is 5.10 Å². The third-order valence-electron chi connectivity index (χ3n) is 6.21. The Morgan fingerprint density at radius 2 is 1.95 bits per heavy atom. The maximum Gasteiger partial charge on any atom is 0.409 e. The number of carbonyl (C=O) groups excluding carboxylic acids is 1. The van der Waals surface area contributed by atoms with Crippen molar-refractivity contribution in [3.63, 3.8) is 0 Å². The lowest BCUT2D eigenvalue weighted by Gasteiger charge is -2.32. The van der Waals surface area contributed by atoms with Gasteiger partial charge in [-0.3, -0.25) is 0 Å². The van der Waals surface area contributed by atoms with Crippen LogP contribution in [0.3, 0.4) is 0 Å². The summed E-state index contributed by atoms with van der Waals surface area (Å²) in [6.07, 6.45) is 2.40. The number of ether oxygens (including phenoxy) is 2. The Labute approximate surface area is 209 Å². The van der Waals surface area contributed by atoms with E-state index in [0.29, 0.717) is 24.5 Å². The van der Waals surface area contributed by atoms with Crippen molar-refractivity contribution in [3.8, 4) is 16.9 Å². The van der Waals surface area contributed by atoms with Crippen LogP contribution in [0.5, 0.6) is 0 Å². The van der Waals surface area contributed by atoms with Gasteiger partial charge in [0.15, 0.2) is 5.69 Å². The molecule has 1 unspecified atom stereocenters. The van der Waals surface area contributed by atoms with Crippen LogP contribution in [0.15, 0.2) is 42.7 Å². The largest absolute Gasteiger partial charge is 0.476 e. The second-order valence-electron chi connectivity index (χ2n) is 8.69. The highest BCUT2D eigenvalue weighted by atomic mass is 19.1. The number of aromatic nitrogens is 4. The van der Waals surface area contributed by atoms with Gasteiger partial charge in [-0.1, -0.05) is 0 Å². The lowest BCUT2D eigenvalue weighted by Crippen LogP contribution is -2.46. The maximum atomic E-state index is 15.5. The first-order valence-corrected chi connectivity index (χ1v) is 11.5. The Bertz CT molecular complexity index is 1490. The fourth-order valence-corrected chi connectivity index (χ4v) is 4.45. The summed E-state index contributed by atoms with van der Waals surface area (Å²) in [6.45, 7) is 2.81. The Kier molecular flexibility index (Phi) is 6.34. The zero-order chi connectivity index (χ0) is 26.3. The molecule has 1 amide bonds. The van der Waals surface area contributed by atoms with Gasteiger partial charge in [0, 0.05) is 37.5 Å². The number of benzene rings is 1. The summed E-state index contributed by atoms with van der Waals surface area (Å²) in [5.41, 5.74) is 1.50. The molecule has 1 fully saturated rings. The van der Waals surface area contributed by atoms with Crippen molar-refractivity contribution in [2.45, 2.75) is 19.4 Å². The van der Waals surface area contributed by atoms with Crippen molar-refractivity contribution in [1.82, 2.24) is 24.1 Å². The van der Waals surface area contributed by atoms with E-state index in [-0.39, 0.29) is 35.6 Å². The van der Waals surface area contributed by atoms with Crippen LogP contribution in [0.1, 0.15) is 21.7 Å². The van der Waals surface area contributed by atoms with Crippen LogP contribution >= 0.6 is 0 Å². The van der Waals surface area contributed by atoms with Crippen molar-refractivity contribution in [1.29, 1.82) is 0 Å². The summed E-state index contributed by atoms with van der Waals surface area (Å²) in [4.78, 5) is 29.2. The molecule has 1 aliphatic heterocycles. The zero-order valence-electron chi connectivity index (χ0n) is 20.0. The summed E-state index contributed by atoms with van der Waals surface area (Å²) in [7, 11) is 1.30. The number of carboxylic acid groups (broad SMARTS) is 1. The Balaban J connectivity index is 1.57. The van der Waals surface area contributed by atoms with E-state index in [1.807, 2.05) is 13.0 Å². The number of hydrogen-bond donors (Lipinski definition) is 1. The molecule has 37 heavy (non-hydrogen) atoms. The van der Waals surface area contributed by atoms with E-state index < -0.39 is 29.8 Å². The average molecular weight is 511 g/mol. The van der Waals surface area contributed by atoms with E-state index in [4.69, 9.17) is 14.6 Å². The van der Waals surface area contributed by atoms with Crippen molar-refractivity contribution >= 4 is 17.7 Å². The molecule has 1 N–H and O–H groups in total. The van der Waals surface area contributed by atoms with Gasteiger partial charge < -0.3 is 23.9 Å². The number of aryl methyl sites for hydroxylation is 1. The number of carbonyl (C=O) groups is 2. The number of nitrogens with zero attached hydrogens (tertiary/aromatic N) is 5. The standard InChI is InChI=1S/C25H23F2N5O5/c1-14-3-5-31-20(12-16-13-30(7-8-37-16)25(35)36-2)23(28-21(31)9-14)22-17(26)10-15(11-18(22)27)32-6-4-19(29-32)24(33)34/h3-6,9-11,16H,7-8,12-13H2,1-2H3,(H,33,34). The highest BCUT2D eigenvalue weighted by molar-refractivity contribution is 5.85. The van der Waals surface area contributed by atoms with E-state index in [1.165, 1.54) is 24.3 Å². The van der Waals surface area contributed by atoms with Crippen LogP contribution in [0.2, 0.25) is 0 Å². The molecule has 1 saturated heterocycles. The molecular formula is C25H23F2N5O5. The molecule has 0 saturated carbocycles. The number of rotatable bonds is 5. The van der Waals surface area contributed by atoms with Gasteiger partial charge in [0.2, 0.25) is 0 Å². The van der Waals surface area contributed by atoms with Crippen LogP contribution in [-0.2, 0) is 15.9 Å². The first-order chi connectivity index (χ1) is 17.7. The SMILES string of the molecule is COC(=O)N1CCOC(Cc2c(-c3c(F)cc(-n4ccc(C(=O)O)n4)cc3F)nc3cc(C)ccn23)C1. The van der Waals surface area contributed by atoms with Crippen LogP contribution in [0, 0.1) is 18.6 Å². The number of hydrogen-bond acceptors (Lipinski definition) is 6. The topological polar surface area (TPSA) is 111 Å². The molecule has 10 nitrogen and oxygen atoms in total. The summed E-state index contributed by atoms with van der Waals surface area (Å²) >= 11 is 0. The third-order valence-corrected chi connectivity index (χ3v) is 6.21. The van der Waals surface area contributed by atoms with Gasteiger partial charge in [-0.25, -0.2) is 28.0 Å². The smallest absolute Gasteiger partial charge is 0.409 e. The highest BCUT2D eigenvalue weighted by Crippen LogP contribution is 2.32. The van der Waals surface area contributed by atoms with Gasteiger partial charge in [0.25, 0.3) is 0 Å². The zero-order valence-corrected chi connectivity index (χ0v) is 20.0. The van der Waals surface area contributed by atoms with E-state index in [1.54, 1.807) is 16.7 Å². The molecule has 1 atom stereocenters. The number of carboxylic acids is 1. The minimum atomic E-state index is -1.25. The highest BCUT2D eigenvalue weighted by Gasteiger charge is 2.29. The second-order valence-corrected chi connectivity index (χ2v) is 8.69. The number of methoxy groups -OCH3 is 1. The lowest BCUT2D eigenvalue weighted by molar-refractivity contribution is -0.0241. The number of morpholine rings is 1. The summed E-state index contributed by atoms with van der Waals surface area (Å²) in [6, 6.07) is 7.05. The minimum Gasteiger partial charge on any atom is -0.476 e. The molecule has 1 aliphatic rings. The molecule has 5 rings (SSSR count). The predicted molar refractivity (Wildman–Crippen MR) is 127 cm³/mol. The molecule has 3 aromatic heterocycles. The molecule has 0 aliphatic carbocycles. The van der Waals surface area contributed by atoms with E-state index in [2.05, 4.69) is 10.1 Å². The summed E-state index contributed by atoms with van der Waals surface area (Å²) < 4.78 is 44.5. The molecule has 4 aromatic rings. The third kappa shape index (κ3) is 4.62. The average Bonchev–Trinajstić information content (AvgIpc) is 3.49. The lowest BCUT2D eigenvalue weighted by atomic mass is 10.0. The van der Waals surface area contributed by atoms with Gasteiger partial charge in [-0.05, 0) is 30.7 Å². The number of aromatic carboxylic acids is 1. The van der Waals surface area contributed by atoms with Gasteiger partial charge in [-0.15, -0.1) is 0 Å². The van der Waals surface area contributed by atoms with E-state index in [0.717, 1.165) is 22.4 Å². The Morgan fingerprint density at radius 3 is 2.62 bits per heavy atom. The molecule has 12 heteroatoms. The van der Waals surface area contributed by atoms with Crippen LogP contribution < -0.4 is 0 Å². The van der Waals surface area contributed by atoms with Gasteiger partial charge >= 0.3 is 12.1 Å². The van der Waals surface area contributed by atoms with Crippen LogP contribution in [-0.4, -0.2) is 74.1 Å². The second kappa shape index (κ2) is 9.62. The molecular weight excluding hydrogens is 488 g/mol. The predicted octanol–water partition coefficient (Wildman–Crippen LogP) is 3.48. The molecule has 0 radical (unpaired) electrons. The number of fused-ring (bicyclic) bond motifs is 1. The summed E-state index contributed by atoms with van der Waals surface area (Å²) in [5.74, 6) is -3.02. The number of halogens is 2. The number of amides is 1. The Hall–Kier alpha value is -4.32.